The second-order valence-electron chi connectivity index (χ2n) is 3.71. The van der Waals surface area contributed by atoms with Crippen molar-refractivity contribution in [2.24, 2.45) is 0 Å². The summed E-state index contributed by atoms with van der Waals surface area (Å²) in [4.78, 5) is 11.0. The molecule has 1 aliphatic rings. The number of phenolic OH excluding ortho intramolecular Hbond substituents is 2. The van der Waals surface area contributed by atoms with Gasteiger partial charge in [-0.3, -0.25) is 4.79 Å². The van der Waals surface area contributed by atoms with Crippen LogP contribution in [0, 0.1) is 0 Å². The van der Waals surface area contributed by atoms with Crippen LogP contribution in [0.2, 0.25) is 0 Å². The summed E-state index contributed by atoms with van der Waals surface area (Å²) < 4.78 is 0.310. The van der Waals surface area contributed by atoms with E-state index in [9.17, 15) is 15.0 Å². The first-order valence-electron chi connectivity index (χ1n) is 4.43. The summed E-state index contributed by atoms with van der Waals surface area (Å²) >= 11 is 3.06. The summed E-state index contributed by atoms with van der Waals surface area (Å²) in [5.41, 5.74) is -0.342. The van der Waals surface area contributed by atoms with Gasteiger partial charge in [0.05, 0.1) is 9.89 Å². The van der Waals surface area contributed by atoms with Gasteiger partial charge in [-0.25, -0.2) is 0 Å². The van der Waals surface area contributed by atoms with Crippen LogP contribution in [-0.2, 0) is 10.2 Å². The van der Waals surface area contributed by atoms with Gasteiger partial charge in [-0.05, 0) is 46.5 Å². The number of carbonyl (C=O) groups is 1. The Balaban J connectivity index is 2.51. The van der Waals surface area contributed by atoms with Crippen LogP contribution in [0.25, 0.3) is 0 Å². The van der Waals surface area contributed by atoms with Gasteiger partial charge in [-0.2, -0.15) is 0 Å². The van der Waals surface area contributed by atoms with Gasteiger partial charge in [0.25, 0.3) is 0 Å². The minimum absolute atomic E-state index is 0.264. The van der Waals surface area contributed by atoms with E-state index in [0.29, 0.717) is 22.9 Å². The molecule has 0 spiro atoms. The number of aromatic hydroxyl groups is 2. The van der Waals surface area contributed by atoms with Gasteiger partial charge >= 0.3 is 5.97 Å². The molecule has 0 aromatic heterocycles. The van der Waals surface area contributed by atoms with Crippen molar-refractivity contribution < 1.29 is 20.1 Å². The SMILES string of the molecule is O=C(O)C1(c2cc(O)c(O)c(Br)c2)CC1. The van der Waals surface area contributed by atoms with E-state index in [1.54, 1.807) is 0 Å². The van der Waals surface area contributed by atoms with E-state index in [1.165, 1.54) is 12.1 Å². The number of rotatable bonds is 2. The number of hydrogen-bond donors (Lipinski definition) is 3. The first-order valence-corrected chi connectivity index (χ1v) is 5.22. The molecule has 5 heteroatoms. The monoisotopic (exact) mass is 272 g/mol. The molecule has 1 saturated carbocycles. The predicted molar refractivity (Wildman–Crippen MR) is 56.0 cm³/mol. The predicted octanol–water partition coefficient (Wildman–Crippen LogP) is 1.98. The van der Waals surface area contributed by atoms with Crippen molar-refractivity contribution in [2.45, 2.75) is 18.3 Å². The van der Waals surface area contributed by atoms with Gasteiger partial charge in [0.1, 0.15) is 0 Å². The third-order valence-corrected chi connectivity index (χ3v) is 3.36. The number of carboxylic acids is 1. The normalized spacial score (nSPS) is 17.4. The lowest BCUT2D eigenvalue weighted by molar-refractivity contribution is -0.140. The highest BCUT2D eigenvalue weighted by molar-refractivity contribution is 9.10. The lowest BCUT2D eigenvalue weighted by atomic mass is 9.96. The fraction of sp³-hybridized carbons (Fsp3) is 0.300. The Morgan fingerprint density at radius 2 is 1.93 bits per heavy atom. The highest BCUT2D eigenvalue weighted by Crippen LogP contribution is 2.51. The van der Waals surface area contributed by atoms with Crippen LogP contribution in [0.3, 0.4) is 0 Å². The van der Waals surface area contributed by atoms with Crippen LogP contribution < -0.4 is 0 Å². The molecule has 0 heterocycles. The average molecular weight is 273 g/mol. The largest absolute Gasteiger partial charge is 0.504 e. The summed E-state index contributed by atoms with van der Waals surface area (Å²) in [6.07, 6.45) is 1.14. The van der Waals surface area contributed by atoms with Gasteiger partial charge in [-0.15, -0.1) is 0 Å². The molecule has 1 aromatic rings. The van der Waals surface area contributed by atoms with Crippen molar-refractivity contribution in [3.8, 4) is 11.5 Å². The van der Waals surface area contributed by atoms with E-state index in [1.807, 2.05) is 0 Å². The first kappa shape index (κ1) is 10.3. The van der Waals surface area contributed by atoms with Gasteiger partial charge in [0.2, 0.25) is 0 Å². The molecule has 0 bridgehead atoms. The maximum atomic E-state index is 11.0. The molecule has 0 unspecified atom stereocenters. The van der Waals surface area contributed by atoms with Crippen molar-refractivity contribution in [3.05, 3.63) is 22.2 Å². The van der Waals surface area contributed by atoms with Gasteiger partial charge < -0.3 is 15.3 Å². The minimum atomic E-state index is -0.889. The van der Waals surface area contributed by atoms with Gasteiger partial charge in [0.15, 0.2) is 11.5 Å². The Bertz CT molecular complexity index is 414. The highest BCUT2D eigenvalue weighted by Gasteiger charge is 2.52. The molecule has 15 heavy (non-hydrogen) atoms. The third-order valence-electron chi connectivity index (χ3n) is 2.76. The molecule has 0 amide bonds. The second-order valence-corrected chi connectivity index (χ2v) is 4.57. The molecular formula is C10H9BrO4. The summed E-state index contributed by atoms with van der Waals surface area (Å²) in [6.45, 7) is 0. The smallest absolute Gasteiger partial charge is 0.314 e. The maximum Gasteiger partial charge on any atom is 0.314 e. The van der Waals surface area contributed by atoms with Crippen LogP contribution in [0.5, 0.6) is 11.5 Å². The summed E-state index contributed by atoms with van der Waals surface area (Å²) in [7, 11) is 0. The number of aliphatic carboxylic acids is 1. The quantitative estimate of drug-likeness (QED) is 0.720. The molecule has 2 rings (SSSR count). The second kappa shape index (κ2) is 3.13. The van der Waals surface area contributed by atoms with Crippen molar-refractivity contribution >= 4 is 21.9 Å². The lowest BCUT2D eigenvalue weighted by Gasteiger charge is -2.12. The molecule has 1 fully saturated rings. The Hall–Kier alpha value is -1.23. The van der Waals surface area contributed by atoms with E-state index in [-0.39, 0.29) is 11.5 Å². The van der Waals surface area contributed by atoms with E-state index in [4.69, 9.17) is 5.11 Å². The molecule has 0 aliphatic heterocycles. The summed E-state index contributed by atoms with van der Waals surface area (Å²) in [6, 6.07) is 2.84. The maximum absolute atomic E-state index is 11.0. The molecule has 4 nitrogen and oxygen atoms in total. The molecule has 0 atom stereocenters. The molecule has 1 aliphatic carbocycles. The molecular weight excluding hydrogens is 264 g/mol. The zero-order valence-electron chi connectivity index (χ0n) is 7.70. The zero-order chi connectivity index (χ0) is 11.2. The van der Waals surface area contributed by atoms with E-state index < -0.39 is 11.4 Å². The van der Waals surface area contributed by atoms with Crippen LogP contribution >= 0.6 is 15.9 Å². The zero-order valence-corrected chi connectivity index (χ0v) is 9.28. The van der Waals surface area contributed by atoms with Gasteiger partial charge in [-0.1, -0.05) is 0 Å². The topological polar surface area (TPSA) is 77.8 Å². The van der Waals surface area contributed by atoms with Gasteiger partial charge in [0, 0.05) is 0 Å². The molecule has 3 N–H and O–H groups in total. The van der Waals surface area contributed by atoms with Crippen LogP contribution in [0.15, 0.2) is 16.6 Å². The van der Waals surface area contributed by atoms with Crippen LogP contribution in [0.4, 0.5) is 0 Å². The molecule has 80 valence electrons. The Morgan fingerprint density at radius 3 is 2.33 bits per heavy atom. The highest BCUT2D eigenvalue weighted by atomic mass is 79.9. The summed E-state index contributed by atoms with van der Waals surface area (Å²) in [5.74, 6) is -1.45. The third kappa shape index (κ3) is 1.47. The average Bonchev–Trinajstić information content (AvgIpc) is 2.93. The first-order chi connectivity index (χ1) is 6.97. The van der Waals surface area contributed by atoms with E-state index in [2.05, 4.69) is 15.9 Å². The molecule has 0 saturated heterocycles. The number of hydrogen-bond acceptors (Lipinski definition) is 3. The Morgan fingerprint density at radius 1 is 1.33 bits per heavy atom. The Labute approximate surface area is 94.3 Å². The number of phenols is 2. The van der Waals surface area contributed by atoms with Crippen molar-refractivity contribution in [1.29, 1.82) is 0 Å². The number of benzene rings is 1. The van der Waals surface area contributed by atoms with Crippen LogP contribution in [0.1, 0.15) is 18.4 Å². The summed E-state index contributed by atoms with van der Waals surface area (Å²) in [5, 5.41) is 27.7. The number of carboxylic acid groups (broad SMARTS) is 1. The fourth-order valence-electron chi connectivity index (χ4n) is 1.61. The van der Waals surface area contributed by atoms with Crippen molar-refractivity contribution in [3.63, 3.8) is 0 Å². The van der Waals surface area contributed by atoms with E-state index in [0.717, 1.165) is 0 Å². The fourth-order valence-corrected chi connectivity index (χ4v) is 2.06. The minimum Gasteiger partial charge on any atom is -0.504 e. The lowest BCUT2D eigenvalue weighted by Crippen LogP contribution is -2.19. The molecule has 1 aromatic carbocycles. The molecule has 0 radical (unpaired) electrons. The van der Waals surface area contributed by atoms with Crippen LogP contribution in [-0.4, -0.2) is 21.3 Å². The van der Waals surface area contributed by atoms with Crippen molar-refractivity contribution in [2.75, 3.05) is 0 Å². The van der Waals surface area contributed by atoms with Crippen molar-refractivity contribution in [1.82, 2.24) is 0 Å². The standard InChI is InChI=1S/C10H9BrO4/c11-6-3-5(4-7(12)8(6)13)10(1-2-10)9(14)15/h3-4,12-13H,1-2H2,(H,14,15). The Kier molecular flexibility index (Phi) is 2.15. The number of halogens is 1. The van der Waals surface area contributed by atoms with E-state index >= 15 is 0 Å².